The van der Waals surface area contributed by atoms with E-state index in [9.17, 15) is 24.5 Å². The van der Waals surface area contributed by atoms with Gasteiger partial charge in [0.05, 0.1) is 47.8 Å². The number of methoxy groups -OCH3 is 3. The lowest BCUT2D eigenvalue weighted by Crippen LogP contribution is -2.42. The number of aromatic nitrogens is 1. The molecule has 0 spiro atoms. The normalized spacial score (nSPS) is 14.6. The number of thiazole rings is 1. The average molecular weight is 615 g/mol. The molecule has 1 atom stereocenters. The fraction of sp³-hybridized carbons (Fsp3) is 0.129. The van der Waals surface area contributed by atoms with Crippen LogP contribution in [0.5, 0.6) is 11.5 Å². The predicted octanol–water partition coefficient (Wildman–Crippen LogP) is 2.55. The van der Waals surface area contributed by atoms with Crippen molar-refractivity contribution in [2.45, 2.75) is 5.92 Å². The van der Waals surface area contributed by atoms with E-state index in [2.05, 4.69) is 5.32 Å². The SMILES string of the molecule is COC(=O)C1=C(N)n2c(s/c(=C/c3cccc(OC)c3)c2=O)=C(C(=O)Nc2cccc([N+](=O)[O-])c2)C1c1cccc(OC)c1. The number of rotatable bonds is 8. The number of benzene rings is 3. The number of nitro groups is 1. The third kappa shape index (κ3) is 5.55. The number of non-ortho nitro benzene ring substituents is 1. The molecule has 0 saturated carbocycles. The second-order valence-electron chi connectivity index (χ2n) is 9.51. The zero-order valence-electron chi connectivity index (χ0n) is 23.7. The lowest BCUT2D eigenvalue weighted by atomic mass is 9.82. The van der Waals surface area contributed by atoms with Gasteiger partial charge in [-0.1, -0.05) is 30.3 Å². The molecule has 3 N–H and O–H groups in total. The molecule has 1 aromatic heterocycles. The van der Waals surface area contributed by atoms with E-state index < -0.39 is 28.3 Å². The highest BCUT2D eigenvalue weighted by atomic mass is 32.1. The summed E-state index contributed by atoms with van der Waals surface area (Å²) >= 11 is 1.01. The summed E-state index contributed by atoms with van der Waals surface area (Å²) in [6.07, 6.45) is 1.63. The zero-order chi connectivity index (χ0) is 31.5. The molecule has 1 unspecified atom stereocenters. The quantitative estimate of drug-likeness (QED) is 0.172. The minimum absolute atomic E-state index is 0.00625. The maximum atomic E-state index is 14.2. The molecule has 3 aromatic carbocycles. The van der Waals surface area contributed by atoms with E-state index in [1.54, 1.807) is 54.6 Å². The number of ether oxygens (including phenoxy) is 3. The molecule has 4 aromatic rings. The standard InChI is InChI=1S/C31H26N4O8S/c1-41-21-11-4-7-17(13-21)14-23-29(37)34-27(32)25(31(38)43-3)24(18-8-5-12-22(15-18)42-2)26(30(34)44-23)28(36)33-19-9-6-10-20(16-19)35(39)40/h4-16,24H,32H2,1-3H3,(H,33,36)/b23-14+. The van der Waals surface area contributed by atoms with Crippen LogP contribution in [0.2, 0.25) is 0 Å². The maximum absolute atomic E-state index is 14.2. The Morgan fingerprint density at radius 2 is 1.66 bits per heavy atom. The molecule has 5 rings (SSSR count). The van der Waals surface area contributed by atoms with Crippen molar-refractivity contribution >= 4 is 52.1 Å². The number of anilines is 1. The van der Waals surface area contributed by atoms with Crippen LogP contribution in [0.3, 0.4) is 0 Å². The number of hydrogen-bond acceptors (Lipinski definition) is 10. The first kappa shape index (κ1) is 29.8. The van der Waals surface area contributed by atoms with Gasteiger partial charge < -0.3 is 25.3 Å². The molecule has 224 valence electrons. The van der Waals surface area contributed by atoms with Crippen molar-refractivity contribution in [3.05, 3.63) is 119 Å². The van der Waals surface area contributed by atoms with E-state index in [1.807, 2.05) is 0 Å². The molecule has 2 heterocycles. The predicted molar refractivity (Wildman–Crippen MR) is 165 cm³/mol. The van der Waals surface area contributed by atoms with Crippen molar-refractivity contribution in [1.29, 1.82) is 0 Å². The van der Waals surface area contributed by atoms with Gasteiger partial charge in [-0.3, -0.25) is 24.3 Å². The molecule has 1 aliphatic heterocycles. The summed E-state index contributed by atoms with van der Waals surface area (Å²) in [5.74, 6) is -1.83. The Balaban J connectivity index is 1.83. The Labute approximate surface area is 254 Å². The monoisotopic (exact) mass is 614 g/mol. The van der Waals surface area contributed by atoms with Crippen LogP contribution in [0.1, 0.15) is 17.0 Å². The molecule has 13 heteroatoms. The maximum Gasteiger partial charge on any atom is 0.338 e. The number of nitrogens with zero attached hydrogens (tertiary/aromatic N) is 2. The molecule has 44 heavy (non-hydrogen) atoms. The van der Waals surface area contributed by atoms with E-state index in [0.717, 1.165) is 15.9 Å². The van der Waals surface area contributed by atoms with Gasteiger partial charge in [0.1, 0.15) is 22.0 Å². The molecule has 0 radical (unpaired) electrons. The van der Waals surface area contributed by atoms with E-state index in [0.29, 0.717) is 22.6 Å². The van der Waals surface area contributed by atoms with Gasteiger partial charge in [0.15, 0.2) is 0 Å². The van der Waals surface area contributed by atoms with Gasteiger partial charge in [0.2, 0.25) is 0 Å². The largest absolute Gasteiger partial charge is 0.497 e. The summed E-state index contributed by atoms with van der Waals surface area (Å²) < 4.78 is 17.3. The molecule has 0 fully saturated rings. The number of hydrogen-bond donors (Lipinski definition) is 2. The molecule has 0 bridgehead atoms. The Bertz CT molecular complexity index is 2030. The number of nitro benzene ring substituents is 1. The van der Waals surface area contributed by atoms with Crippen LogP contribution in [-0.2, 0) is 14.3 Å². The van der Waals surface area contributed by atoms with Crippen LogP contribution < -0.4 is 35.3 Å². The van der Waals surface area contributed by atoms with E-state index in [4.69, 9.17) is 19.9 Å². The lowest BCUT2D eigenvalue weighted by molar-refractivity contribution is -0.384. The topological polar surface area (TPSA) is 165 Å². The van der Waals surface area contributed by atoms with Crippen LogP contribution in [-0.4, -0.2) is 42.7 Å². The molecule has 1 aliphatic rings. The highest BCUT2D eigenvalue weighted by Crippen LogP contribution is 2.39. The molecular weight excluding hydrogens is 588 g/mol. The molecule has 12 nitrogen and oxygen atoms in total. The lowest BCUT2D eigenvalue weighted by Gasteiger charge is -2.27. The smallest absolute Gasteiger partial charge is 0.338 e. The van der Waals surface area contributed by atoms with Crippen molar-refractivity contribution in [2.24, 2.45) is 5.73 Å². The molecule has 0 aliphatic carbocycles. The van der Waals surface area contributed by atoms with Crippen LogP contribution in [0.15, 0.2) is 83.2 Å². The van der Waals surface area contributed by atoms with Crippen molar-refractivity contribution < 1.29 is 28.7 Å². The first-order valence-electron chi connectivity index (χ1n) is 13.1. The highest BCUT2D eigenvalue weighted by Gasteiger charge is 2.39. The third-order valence-corrected chi connectivity index (χ3v) is 8.04. The number of nitrogens with two attached hydrogens (primary N) is 1. The number of amides is 1. The summed E-state index contributed by atoms with van der Waals surface area (Å²) in [5.41, 5.74) is 6.88. The van der Waals surface area contributed by atoms with E-state index in [-0.39, 0.29) is 37.5 Å². The second-order valence-corrected chi connectivity index (χ2v) is 10.5. The van der Waals surface area contributed by atoms with E-state index >= 15 is 0 Å². The van der Waals surface area contributed by atoms with Gasteiger partial charge >= 0.3 is 5.97 Å². The first-order chi connectivity index (χ1) is 21.2. The zero-order valence-corrected chi connectivity index (χ0v) is 24.5. The molecule has 0 saturated heterocycles. The van der Waals surface area contributed by atoms with Crippen molar-refractivity contribution in [2.75, 3.05) is 26.6 Å². The van der Waals surface area contributed by atoms with Gasteiger partial charge in [-0.25, -0.2) is 4.79 Å². The summed E-state index contributed by atoms with van der Waals surface area (Å²) in [5, 5.41) is 14.1. The Hall–Kier alpha value is -5.69. The van der Waals surface area contributed by atoms with Crippen molar-refractivity contribution in [3.63, 3.8) is 0 Å². The Morgan fingerprint density at radius 1 is 0.977 bits per heavy atom. The second kappa shape index (κ2) is 12.3. The number of nitrogens with one attached hydrogen (secondary N) is 1. The molecular formula is C31H26N4O8S. The summed E-state index contributed by atoms with van der Waals surface area (Å²) in [6.45, 7) is 0. The fourth-order valence-corrected chi connectivity index (χ4v) is 6.09. The number of carbonyl (C=O) groups is 2. The van der Waals surface area contributed by atoms with Crippen LogP contribution >= 0.6 is 11.3 Å². The minimum atomic E-state index is -1.10. The van der Waals surface area contributed by atoms with Gasteiger partial charge in [-0.05, 0) is 47.5 Å². The Kier molecular flexibility index (Phi) is 8.31. The summed E-state index contributed by atoms with van der Waals surface area (Å²) in [4.78, 5) is 52.1. The number of fused-ring (bicyclic) bond motifs is 1. The van der Waals surface area contributed by atoms with Crippen molar-refractivity contribution in [3.8, 4) is 11.5 Å². The van der Waals surface area contributed by atoms with Gasteiger partial charge in [-0.15, -0.1) is 11.3 Å². The van der Waals surface area contributed by atoms with Gasteiger partial charge in [-0.2, -0.15) is 0 Å². The first-order valence-corrected chi connectivity index (χ1v) is 13.9. The van der Waals surface area contributed by atoms with E-state index in [1.165, 1.54) is 45.6 Å². The van der Waals surface area contributed by atoms with Gasteiger partial charge in [0.25, 0.3) is 17.2 Å². The van der Waals surface area contributed by atoms with Crippen molar-refractivity contribution in [1.82, 2.24) is 4.57 Å². The summed E-state index contributed by atoms with van der Waals surface area (Å²) in [7, 11) is 4.17. The Morgan fingerprint density at radius 3 is 2.34 bits per heavy atom. The summed E-state index contributed by atoms with van der Waals surface area (Å²) in [6, 6.07) is 19.2. The highest BCUT2D eigenvalue weighted by molar-refractivity contribution is 7.07. The third-order valence-electron chi connectivity index (χ3n) is 6.93. The molecule has 1 amide bonds. The fourth-order valence-electron chi connectivity index (χ4n) is 4.91. The number of esters is 1. The van der Waals surface area contributed by atoms with Crippen LogP contribution in [0.4, 0.5) is 11.4 Å². The minimum Gasteiger partial charge on any atom is -0.497 e. The van der Waals surface area contributed by atoms with Gasteiger partial charge in [0, 0.05) is 17.8 Å². The average Bonchev–Trinajstić information content (AvgIpc) is 3.35. The number of carbonyl (C=O) groups excluding carboxylic acids is 2. The van der Waals surface area contributed by atoms with Crippen LogP contribution in [0, 0.1) is 10.1 Å². The van der Waals surface area contributed by atoms with Crippen LogP contribution in [0.25, 0.3) is 17.5 Å².